The second-order valence-electron chi connectivity index (χ2n) is 9.35. The second kappa shape index (κ2) is 7.52. The van der Waals surface area contributed by atoms with Crippen LogP contribution in [0.5, 0.6) is 0 Å². The maximum absolute atomic E-state index is 13.1. The van der Waals surface area contributed by atoms with Crippen LogP contribution in [0.15, 0.2) is 42.5 Å². The second-order valence-corrected chi connectivity index (χ2v) is 9.35. The molecule has 1 amide bonds. The molecule has 4 rings (SSSR count). The predicted octanol–water partition coefficient (Wildman–Crippen LogP) is 3.63. The first-order chi connectivity index (χ1) is 14.1. The maximum Gasteiger partial charge on any atom is 0.495 e. The van der Waals surface area contributed by atoms with E-state index in [1.165, 1.54) is 18.4 Å². The van der Waals surface area contributed by atoms with Crippen LogP contribution in [0.1, 0.15) is 67.9 Å². The molecule has 0 bridgehead atoms. The topological polar surface area (TPSA) is 59.0 Å². The van der Waals surface area contributed by atoms with Crippen LogP contribution in [0.4, 0.5) is 5.69 Å². The van der Waals surface area contributed by atoms with Crippen molar-refractivity contribution in [2.24, 2.45) is 0 Å². The Morgan fingerprint density at radius 3 is 2.20 bits per heavy atom. The van der Waals surface area contributed by atoms with Gasteiger partial charge in [-0.15, -0.1) is 0 Å². The number of benzene rings is 2. The first kappa shape index (κ1) is 21.1. The van der Waals surface area contributed by atoms with Gasteiger partial charge in [-0.25, -0.2) is 0 Å². The molecule has 1 saturated carbocycles. The quantitative estimate of drug-likeness (QED) is 0.770. The van der Waals surface area contributed by atoms with Crippen molar-refractivity contribution in [3.8, 4) is 0 Å². The van der Waals surface area contributed by atoms with E-state index in [1.54, 1.807) is 11.9 Å². The molecule has 1 saturated heterocycles. The number of carbonyl (C=O) groups excluding carboxylic acids is 1. The van der Waals surface area contributed by atoms with Gasteiger partial charge in [-0.05, 0) is 75.7 Å². The zero-order chi connectivity index (χ0) is 21.7. The Morgan fingerprint density at radius 1 is 1.07 bits per heavy atom. The van der Waals surface area contributed by atoms with E-state index in [0.717, 1.165) is 5.46 Å². The van der Waals surface area contributed by atoms with Crippen molar-refractivity contribution in [1.29, 1.82) is 0 Å². The Morgan fingerprint density at radius 2 is 1.67 bits per heavy atom. The van der Waals surface area contributed by atoms with Crippen LogP contribution in [-0.4, -0.2) is 36.4 Å². The van der Waals surface area contributed by atoms with Gasteiger partial charge in [0.15, 0.2) is 0 Å². The number of aliphatic hydroxyl groups is 1. The Kier molecular flexibility index (Phi) is 5.29. The Hall–Kier alpha value is -2.15. The van der Waals surface area contributed by atoms with Crippen molar-refractivity contribution >= 4 is 24.2 Å². The molecule has 0 aromatic heterocycles. The zero-order valence-corrected chi connectivity index (χ0v) is 18.4. The van der Waals surface area contributed by atoms with Gasteiger partial charge in [0, 0.05) is 23.9 Å². The largest absolute Gasteiger partial charge is 0.495 e. The molecule has 0 spiro atoms. The lowest BCUT2D eigenvalue weighted by Crippen LogP contribution is -2.41. The summed E-state index contributed by atoms with van der Waals surface area (Å²) < 4.78 is 12.4. The number of rotatable bonds is 5. The van der Waals surface area contributed by atoms with Gasteiger partial charge in [0.2, 0.25) is 0 Å². The summed E-state index contributed by atoms with van der Waals surface area (Å²) in [6.07, 6.45) is 2.47. The minimum Gasteiger partial charge on any atom is -0.399 e. The van der Waals surface area contributed by atoms with Crippen LogP contribution >= 0.6 is 0 Å². The molecule has 6 heteroatoms. The molecule has 158 valence electrons. The first-order valence-electron chi connectivity index (χ1n) is 10.6. The van der Waals surface area contributed by atoms with E-state index in [2.05, 4.69) is 0 Å². The van der Waals surface area contributed by atoms with Crippen molar-refractivity contribution in [2.75, 3.05) is 11.9 Å². The van der Waals surface area contributed by atoms with Crippen molar-refractivity contribution in [2.45, 2.75) is 64.3 Å². The number of hydrogen-bond donors (Lipinski definition) is 1. The SMILES string of the molecule is CN(C(=O)c1ccc(C2CC2)cc1)c1cccc(B2OC(C)(C)C(C)(C)O2)c1CO. The molecule has 0 unspecified atom stereocenters. The highest BCUT2D eigenvalue weighted by Gasteiger charge is 2.52. The van der Waals surface area contributed by atoms with E-state index >= 15 is 0 Å². The third-order valence-electron chi connectivity index (χ3n) is 6.73. The molecule has 5 nitrogen and oxygen atoms in total. The van der Waals surface area contributed by atoms with Gasteiger partial charge in [0.1, 0.15) is 0 Å². The molecule has 2 aliphatic rings. The first-order valence-corrected chi connectivity index (χ1v) is 10.6. The fourth-order valence-corrected chi connectivity index (χ4v) is 3.89. The molecule has 0 radical (unpaired) electrons. The Bertz CT molecular complexity index is 934. The van der Waals surface area contributed by atoms with E-state index in [9.17, 15) is 9.90 Å². The molecule has 1 aliphatic carbocycles. The third-order valence-corrected chi connectivity index (χ3v) is 6.73. The average Bonchev–Trinajstić information content (AvgIpc) is 3.53. The average molecular weight is 407 g/mol. The van der Waals surface area contributed by atoms with Gasteiger partial charge in [0.25, 0.3) is 5.91 Å². The molecule has 2 fully saturated rings. The Balaban J connectivity index is 1.62. The number of nitrogens with zero attached hydrogens (tertiary/aromatic N) is 1. The summed E-state index contributed by atoms with van der Waals surface area (Å²) >= 11 is 0. The molecule has 1 aliphatic heterocycles. The van der Waals surface area contributed by atoms with Crippen molar-refractivity contribution in [3.05, 3.63) is 59.2 Å². The van der Waals surface area contributed by atoms with E-state index in [1.807, 2.05) is 70.2 Å². The molecule has 2 aromatic rings. The van der Waals surface area contributed by atoms with Gasteiger partial charge in [-0.1, -0.05) is 24.3 Å². The van der Waals surface area contributed by atoms with E-state index in [4.69, 9.17) is 9.31 Å². The fourth-order valence-electron chi connectivity index (χ4n) is 3.89. The lowest BCUT2D eigenvalue weighted by Gasteiger charge is -2.32. The van der Waals surface area contributed by atoms with Crippen molar-refractivity contribution in [1.82, 2.24) is 0 Å². The molecule has 2 aromatic carbocycles. The lowest BCUT2D eigenvalue weighted by atomic mass is 9.75. The smallest absolute Gasteiger partial charge is 0.399 e. The molecule has 30 heavy (non-hydrogen) atoms. The summed E-state index contributed by atoms with van der Waals surface area (Å²) in [5.74, 6) is 0.544. The molecule has 1 N–H and O–H groups in total. The predicted molar refractivity (Wildman–Crippen MR) is 119 cm³/mol. The van der Waals surface area contributed by atoms with Crippen LogP contribution in [0.25, 0.3) is 0 Å². The fraction of sp³-hybridized carbons (Fsp3) is 0.458. The normalized spacial score (nSPS) is 19.7. The highest BCUT2D eigenvalue weighted by molar-refractivity contribution is 6.62. The van der Waals surface area contributed by atoms with Crippen LogP contribution in [0.2, 0.25) is 0 Å². The number of hydrogen-bond acceptors (Lipinski definition) is 4. The minimum absolute atomic E-state index is 0.113. The summed E-state index contributed by atoms with van der Waals surface area (Å²) in [4.78, 5) is 14.7. The summed E-state index contributed by atoms with van der Waals surface area (Å²) in [5, 5.41) is 10.2. The number of aliphatic hydroxyl groups excluding tert-OH is 1. The molecule has 1 heterocycles. The minimum atomic E-state index is -0.599. The van der Waals surface area contributed by atoms with Gasteiger partial charge in [-0.2, -0.15) is 0 Å². The summed E-state index contributed by atoms with van der Waals surface area (Å²) in [7, 11) is 1.14. The lowest BCUT2D eigenvalue weighted by molar-refractivity contribution is 0.00578. The third kappa shape index (κ3) is 3.68. The summed E-state index contributed by atoms with van der Waals surface area (Å²) in [6, 6.07) is 13.5. The van der Waals surface area contributed by atoms with Gasteiger partial charge >= 0.3 is 7.12 Å². The highest BCUT2D eigenvalue weighted by atomic mass is 16.7. The zero-order valence-electron chi connectivity index (χ0n) is 18.4. The summed E-state index contributed by atoms with van der Waals surface area (Å²) in [5.41, 5.74) is 3.01. The molecular weight excluding hydrogens is 377 g/mol. The van der Waals surface area contributed by atoms with E-state index < -0.39 is 18.3 Å². The van der Waals surface area contributed by atoms with Crippen LogP contribution in [0, 0.1) is 0 Å². The number of anilines is 1. The van der Waals surface area contributed by atoms with E-state index in [-0.39, 0.29) is 12.5 Å². The number of carbonyl (C=O) groups is 1. The van der Waals surface area contributed by atoms with Crippen LogP contribution in [-0.2, 0) is 15.9 Å². The van der Waals surface area contributed by atoms with Crippen molar-refractivity contribution < 1.29 is 19.2 Å². The standard InChI is InChI=1S/C24H30BNO4/c1-23(2)24(3,4)30-25(29-23)20-7-6-8-21(19(20)15-27)26(5)22(28)18-13-11-17(12-14-18)16-9-10-16/h6-8,11-14,16,27H,9-10,15H2,1-5H3. The Labute approximate surface area is 179 Å². The highest BCUT2D eigenvalue weighted by Crippen LogP contribution is 2.40. The van der Waals surface area contributed by atoms with Gasteiger partial charge in [0.05, 0.1) is 17.8 Å². The maximum atomic E-state index is 13.1. The van der Waals surface area contributed by atoms with Gasteiger partial charge in [-0.3, -0.25) is 4.79 Å². The van der Waals surface area contributed by atoms with E-state index in [0.29, 0.717) is 22.7 Å². The molecule has 0 atom stereocenters. The number of amides is 1. The van der Waals surface area contributed by atoms with Crippen LogP contribution < -0.4 is 10.4 Å². The summed E-state index contributed by atoms with van der Waals surface area (Å²) in [6.45, 7) is 7.77. The van der Waals surface area contributed by atoms with Gasteiger partial charge < -0.3 is 19.3 Å². The monoisotopic (exact) mass is 407 g/mol. The van der Waals surface area contributed by atoms with Crippen molar-refractivity contribution in [3.63, 3.8) is 0 Å². The van der Waals surface area contributed by atoms with Crippen LogP contribution in [0.3, 0.4) is 0 Å². The molecular formula is C24H30BNO4.